The Morgan fingerprint density at radius 2 is 1.91 bits per heavy atom. The van der Waals surface area contributed by atoms with E-state index >= 15 is 0 Å². The van der Waals surface area contributed by atoms with Crippen LogP contribution in [-0.2, 0) is 20.7 Å². The molecule has 1 unspecified atom stereocenters. The maximum atomic E-state index is 12.9. The van der Waals surface area contributed by atoms with Gasteiger partial charge in [0.1, 0.15) is 17.9 Å². The van der Waals surface area contributed by atoms with Crippen molar-refractivity contribution in [2.24, 2.45) is 0 Å². The minimum atomic E-state index is -0.635. The van der Waals surface area contributed by atoms with E-state index < -0.39 is 5.92 Å². The lowest BCUT2D eigenvalue weighted by Gasteiger charge is -2.18. The minimum absolute atomic E-state index is 0.0304. The number of ether oxygens (including phenoxy) is 2. The van der Waals surface area contributed by atoms with Gasteiger partial charge < -0.3 is 9.47 Å². The van der Waals surface area contributed by atoms with Crippen LogP contribution in [0.5, 0.6) is 0 Å². The van der Waals surface area contributed by atoms with Crippen LogP contribution in [0.4, 0.5) is 0 Å². The van der Waals surface area contributed by atoms with Crippen molar-refractivity contribution >= 4 is 29.0 Å². The SMILES string of the molecule is O=C(Cc1ccccc1)C(C1=COCO1)c1cc(Cl)ccc1Cl. The van der Waals surface area contributed by atoms with E-state index in [1.54, 1.807) is 18.2 Å². The lowest BCUT2D eigenvalue weighted by atomic mass is 9.89. The zero-order chi connectivity index (χ0) is 16.2. The van der Waals surface area contributed by atoms with Crippen molar-refractivity contribution in [2.75, 3.05) is 6.79 Å². The number of ketones is 1. The molecule has 0 fully saturated rings. The van der Waals surface area contributed by atoms with E-state index in [-0.39, 0.29) is 19.0 Å². The molecule has 0 saturated heterocycles. The van der Waals surface area contributed by atoms with Gasteiger partial charge in [0.05, 0.1) is 0 Å². The van der Waals surface area contributed by atoms with Crippen molar-refractivity contribution in [1.82, 2.24) is 0 Å². The van der Waals surface area contributed by atoms with Crippen molar-refractivity contribution in [3.8, 4) is 0 Å². The molecule has 0 aromatic heterocycles. The molecule has 0 aliphatic carbocycles. The van der Waals surface area contributed by atoms with Crippen LogP contribution in [0.2, 0.25) is 10.0 Å². The predicted octanol–water partition coefficient (Wildman–Crippen LogP) is 4.73. The Morgan fingerprint density at radius 1 is 1.13 bits per heavy atom. The highest BCUT2D eigenvalue weighted by atomic mass is 35.5. The normalized spacial score (nSPS) is 14.6. The standard InChI is InChI=1S/C18H14Cl2O3/c19-13-6-7-15(20)14(9-13)18(17-10-22-11-23-17)16(21)8-12-4-2-1-3-5-12/h1-7,9-10,18H,8,11H2. The average Bonchev–Trinajstić information content (AvgIpc) is 3.06. The van der Waals surface area contributed by atoms with Crippen LogP contribution < -0.4 is 0 Å². The molecule has 1 atom stereocenters. The first-order valence-corrected chi connectivity index (χ1v) is 7.87. The topological polar surface area (TPSA) is 35.5 Å². The molecule has 0 bridgehead atoms. The monoisotopic (exact) mass is 348 g/mol. The summed E-state index contributed by atoms with van der Waals surface area (Å²) in [5.74, 6) is -0.212. The van der Waals surface area contributed by atoms with Crippen molar-refractivity contribution in [3.05, 3.63) is 81.7 Å². The van der Waals surface area contributed by atoms with Crippen LogP contribution in [0.25, 0.3) is 0 Å². The summed E-state index contributed by atoms with van der Waals surface area (Å²) in [5.41, 5.74) is 1.55. The summed E-state index contributed by atoms with van der Waals surface area (Å²) in [5, 5.41) is 0.985. The zero-order valence-corrected chi connectivity index (χ0v) is 13.7. The zero-order valence-electron chi connectivity index (χ0n) is 12.2. The van der Waals surface area contributed by atoms with Gasteiger partial charge >= 0.3 is 0 Å². The van der Waals surface area contributed by atoms with Gasteiger partial charge in [0.15, 0.2) is 5.78 Å². The Kier molecular flexibility index (Phi) is 4.89. The van der Waals surface area contributed by atoms with Crippen LogP contribution in [0, 0.1) is 0 Å². The molecule has 5 heteroatoms. The van der Waals surface area contributed by atoms with Crippen molar-refractivity contribution in [1.29, 1.82) is 0 Å². The fraction of sp³-hybridized carbons (Fsp3) is 0.167. The molecule has 1 aliphatic heterocycles. The second-order valence-electron chi connectivity index (χ2n) is 5.18. The van der Waals surface area contributed by atoms with Gasteiger partial charge in [-0.05, 0) is 29.3 Å². The van der Waals surface area contributed by atoms with E-state index in [4.69, 9.17) is 32.7 Å². The van der Waals surface area contributed by atoms with Gasteiger partial charge in [-0.1, -0.05) is 53.5 Å². The highest BCUT2D eigenvalue weighted by Gasteiger charge is 2.30. The number of Topliss-reactive ketones (excluding diaryl/α,β-unsaturated/α-hetero) is 1. The quantitative estimate of drug-likeness (QED) is 0.783. The maximum absolute atomic E-state index is 12.9. The summed E-state index contributed by atoms with van der Waals surface area (Å²) in [7, 11) is 0. The second-order valence-corrected chi connectivity index (χ2v) is 6.02. The molecule has 118 valence electrons. The first-order chi connectivity index (χ1) is 11.1. The summed E-state index contributed by atoms with van der Waals surface area (Å²) in [6.45, 7) is 0.0998. The van der Waals surface area contributed by atoms with Gasteiger partial charge in [0.2, 0.25) is 6.79 Å². The Labute approximate surface area is 144 Å². The fourth-order valence-corrected chi connectivity index (χ4v) is 2.93. The number of halogens is 2. The van der Waals surface area contributed by atoms with Gasteiger partial charge in [-0.25, -0.2) is 0 Å². The van der Waals surface area contributed by atoms with Crippen LogP contribution >= 0.6 is 23.2 Å². The van der Waals surface area contributed by atoms with E-state index in [2.05, 4.69) is 0 Å². The predicted molar refractivity (Wildman–Crippen MR) is 89.5 cm³/mol. The molecule has 0 spiro atoms. The lowest BCUT2D eigenvalue weighted by Crippen LogP contribution is -2.18. The molecule has 0 N–H and O–H groups in total. The smallest absolute Gasteiger partial charge is 0.229 e. The number of hydrogen-bond acceptors (Lipinski definition) is 3. The molecular formula is C18H14Cl2O3. The van der Waals surface area contributed by atoms with Gasteiger partial charge in [-0.2, -0.15) is 0 Å². The van der Waals surface area contributed by atoms with Crippen LogP contribution in [0.3, 0.4) is 0 Å². The Hall–Kier alpha value is -1.97. The molecule has 1 heterocycles. The Balaban J connectivity index is 1.95. The molecule has 23 heavy (non-hydrogen) atoms. The number of carbonyl (C=O) groups excluding carboxylic acids is 1. The highest BCUT2D eigenvalue weighted by Crippen LogP contribution is 2.35. The number of benzene rings is 2. The van der Waals surface area contributed by atoms with E-state index in [0.29, 0.717) is 21.4 Å². The van der Waals surface area contributed by atoms with Crippen molar-refractivity contribution < 1.29 is 14.3 Å². The molecule has 0 saturated carbocycles. The van der Waals surface area contributed by atoms with E-state index in [0.717, 1.165) is 5.56 Å². The van der Waals surface area contributed by atoms with Crippen LogP contribution in [0.1, 0.15) is 17.0 Å². The summed E-state index contributed by atoms with van der Waals surface area (Å²) in [4.78, 5) is 12.9. The molecule has 3 nitrogen and oxygen atoms in total. The maximum Gasteiger partial charge on any atom is 0.229 e. The van der Waals surface area contributed by atoms with Gasteiger partial charge in [-0.3, -0.25) is 4.79 Å². The van der Waals surface area contributed by atoms with Crippen molar-refractivity contribution in [2.45, 2.75) is 12.3 Å². The van der Waals surface area contributed by atoms with Gasteiger partial charge in [-0.15, -0.1) is 0 Å². The van der Waals surface area contributed by atoms with Crippen LogP contribution in [-0.4, -0.2) is 12.6 Å². The number of rotatable bonds is 5. The molecule has 1 aliphatic rings. The molecule has 0 amide bonds. The molecule has 3 rings (SSSR count). The third kappa shape index (κ3) is 3.69. The lowest BCUT2D eigenvalue weighted by molar-refractivity contribution is -0.119. The minimum Gasteiger partial charge on any atom is -0.462 e. The van der Waals surface area contributed by atoms with E-state index in [1.807, 2.05) is 30.3 Å². The fourth-order valence-electron chi connectivity index (χ4n) is 2.52. The first kappa shape index (κ1) is 15.9. The van der Waals surface area contributed by atoms with E-state index in [1.165, 1.54) is 6.26 Å². The third-order valence-electron chi connectivity index (χ3n) is 3.59. The Morgan fingerprint density at radius 3 is 2.61 bits per heavy atom. The molecule has 0 radical (unpaired) electrons. The van der Waals surface area contributed by atoms with Gasteiger partial charge in [0, 0.05) is 16.5 Å². The summed E-state index contributed by atoms with van der Waals surface area (Å²) in [6, 6.07) is 14.6. The second kappa shape index (κ2) is 7.07. The highest BCUT2D eigenvalue weighted by molar-refractivity contribution is 6.34. The number of hydrogen-bond donors (Lipinski definition) is 0. The Bertz CT molecular complexity index is 741. The summed E-state index contributed by atoms with van der Waals surface area (Å²) < 4.78 is 10.6. The average molecular weight is 349 g/mol. The summed E-state index contributed by atoms with van der Waals surface area (Å²) in [6.07, 6.45) is 1.74. The number of carbonyl (C=O) groups is 1. The van der Waals surface area contributed by atoms with Crippen LogP contribution in [0.15, 0.2) is 60.6 Å². The van der Waals surface area contributed by atoms with Gasteiger partial charge in [0.25, 0.3) is 0 Å². The first-order valence-electron chi connectivity index (χ1n) is 7.11. The molecule has 2 aromatic carbocycles. The van der Waals surface area contributed by atoms with E-state index in [9.17, 15) is 4.79 Å². The summed E-state index contributed by atoms with van der Waals surface area (Å²) >= 11 is 12.4. The molecular weight excluding hydrogens is 335 g/mol. The number of allylic oxidation sites excluding steroid dienone is 1. The largest absolute Gasteiger partial charge is 0.462 e. The van der Waals surface area contributed by atoms with Crippen molar-refractivity contribution in [3.63, 3.8) is 0 Å². The third-order valence-corrected chi connectivity index (χ3v) is 4.17. The molecule has 2 aromatic rings.